The highest BCUT2D eigenvalue weighted by atomic mass is 16.5. The monoisotopic (exact) mass is 367 g/mol. The smallest absolute Gasteiger partial charge is 0.227 e. The van der Waals surface area contributed by atoms with Crippen LogP contribution in [0.2, 0.25) is 0 Å². The minimum absolute atomic E-state index is 0.0799. The summed E-state index contributed by atoms with van der Waals surface area (Å²) < 4.78 is 5.29. The molecule has 2 aromatic rings. The van der Waals surface area contributed by atoms with Crippen molar-refractivity contribution in [3.05, 3.63) is 59.2 Å². The number of amides is 1. The summed E-state index contributed by atoms with van der Waals surface area (Å²) in [6.07, 6.45) is 1.19. The summed E-state index contributed by atoms with van der Waals surface area (Å²) in [4.78, 5) is 14.7. The van der Waals surface area contributed by atoms with E-state index in [9.17, 15) is 9.90 Å². The van der Waals surface area contributed by atoms with Gasteiger partial charge in [0, 0.05) is 24.6 Å². The number of aliphatic hydroxyl groups excluding tert-OH is 1. The van der Waals surface area contributed by atoms with Gasteiger partial charge in [0.05, 0.1) is 18.9 Å². The van der Waals surface area contributed by atoms with Gasteiger partial charge >= 0.3 is 0 Å². The SMILES string of the molecule is COc1ccc2c(c1)N(C(=O)CCc1ccc(C(C)(C)C)cc1)CCC2O. The molecule has 1 aliphatic heterocycles. The van der Waals surface area contributed by atoms with Gasteiger partial charge < -0.3 is 14.7 Å². The van der Waals surface area contributed by atoms with E-state index < -0.39 is 6.10 Å². The molecule has 2 aromatic carbocycles. The summed E-state index contributed by atoms with van der Waals surface area (Å²) >= 11 is 0. The molecule has 0 aromatic heterocycles. The number of anilines is 1. The molecule has 0 saturated heterocycles. The average molecular weight is 367 g/mol. The van der Waals surface area contributed by atoms with E-state index in [1.54, 1.807) is 12.0 Å². The molecule has 0 bridgehead atoms. The van der Waals surface area contributed by atoms with Crippen LogP contribution in [0.3, 0.4) is 0 Å². The Bertz CT molecular complexity index is 805. The van der Waals surface area contributed by atoms with Gasteiger partial charge in [0.15, 0.2) is 0 Å². The first-order valence-electron chi connectivity index (χ1n) is 9.55. The Labute approximate surface area is 161 Å². The van der Waals surface area contributed by atoms with Gasteiger partial charge in [0.1, 0.15) is 5.75 Å². The molecule has 144 valence electrons. The van der Waals surface area contributed by atoms with Crippen LogP contribution in [0.1, 0.15) is 56.4 Å². The summed E-state index contributed by atoms with van der Waals surface area (Å²) in [6.45, 7) is 7.12. The third kappa shape index (κ3) is 4.33. The van der Waals surface area contributed by atoms with Gasteiger partial charge in [-0.05, 0) is 35.4 Å². The van der Waals surface area contributed by atoms with Gasteiger partial charge in [-0.1, -0.05) is 51.1 Å². The van der Waals surface area contributed by atoms with E-state index >= 15 is 0 Å². The van der Waals surface area contributed by atoms with Crippen molar-refractivity contribution in [2.75, 3.05) is 18.6 Å². The quantitative estimate of drug-likeness (QED) is 0.872. The van der Waals surface area contributed by atoms with Gasteiger partial charge in [0.25, 0.3) is 0 Å². The molecule has 1 atom stereocenters. The van der Waals surface area contributed by atoms with Gasteiger partial charge in [-0.2, -0.15) is 0 Å². The van der Waals surface area contributed by atoms with Crippen molar-refractivity contribution in [3.8, 4) is 5.75 Å². The molecular formula is C23H29NO3. The predicted octanol–water partition coefficient (Wildman–Crippen LogP) is 4.40. The number of carbonyl (C=O) groups excluding carboxylic acids is 1. The maximum atomic E-state index is 12.9. The van der Waals surface area contributed by atoms with Crippen LogP contribution in [0.5, 0.6) is 5.75 Å². The maximum Gasteiger partial charge on any atom is 0.227 e. The van der Waals surface area contributed by atoms with E-state index in [-0.39, 0.29) is 11.3 Å². The topological polar surface area (TPSA) is 49.8 Å². The number of ether oxygens (including phenoxy) is 1. The van der Waals surface area contributed by atoms with Crippen LogP contribution in [0.4, 0.5) is 5.69 Å². The van der Waals surface area contributed by atoms with Crippen LogP contribution >= 0.6 is 0 Å². The first-order valence-corrected chi connectivity index (χ1v) is 9.55. The summed E-state index contributed by atoms with van der Waals surface area (Å²) in [5.41, 5.74) is 4.15. The normalized spacial score (nSPS) is 16.8. The minimum Gasteiger partial charge on any atom is -0.497 e. The third-order valence-electron chi connectivity index (χ3n) is 5.26. The Balaban J connectivity index is 1.71. The number of methoxy groups -OCH3 is 1. The lowest BCUT2D eigenvalue weighted by Gasteiger charge is -2.32. The lowest BCUT2D eigenvalue weighted by molar-refractivity contribution is -0.118. The molecule has 4 heteroatoms. The number of fused-ring (bicyclic) bond motifs is 1. The Hall–Kier alpha value is -2.33. The number of nitrogens with zero attached hydrogens (tertiary/aromatic N) is 1. The molecular weight excluding hydrogens is 338 g/mol. The van der Waals surface area contributed by atoms with E-state index in [0.717, 1.165) is 11.3 Å². The average Bonchev–Trinajstić information content (AvgIpc) is 2.65. The molecule has 1 amide bonds. The third-order valence-corrected chi connectivity index (χ3v) is 5.26. The van der Waals surface area contributed by atoms with Crippen LogP contribution in [0.15, 0.2) is 42.5 Å². The van der Waals surface area contributed by atoms with Crippen molar-refractivity contribution >= 4 is 11.6 Å². The molecule has 0 radical (unpaired) electrons. The largest absolute Gasteiger partial charge is 0.497 e. The molecule has 0 aliphatic carbocycles. The fourth-order valence-electron chi connectivity index (χ4n) is 3.51. The van der Waals surface area contributed by atoms with Gasteiger partial charge in [-0.15, -0.1) is 0 Å². The van der Waals surface area contributed by atoms with Crippen molar-refractivity contribution in [2.45, 2.75) is 51.6 Å². The first kappa shape index (κ1) is 19.4. The second-order valence-electron chi connectivity index (χ2n) is 8.22. The molecule has 4 nitrogen and oxygen atoms in total. The number of aliphatic hydroxyl groups is 1. The molecule has 1 N–H and O–H groups in total. The fourth-order valence-corrected chi connectivity index (χ4v) is 3.51. The van der Waals surface area contributed by atoms with E-state index in [0.29, 0.717) is 31.6 Å². The highest BCUT2D eigenvalue weighted by molar-refractivity contribution is 5.95. The van der Waals surface area contributed by atoms with E-state index in [1.807, 2.05) is 18.2 Å². The number of hydrogen-bond acceptors (Lipinski definition) is 3. The molecule has 27 heavy (non-hydrogen) atoms. The summed E-state index contributed by atoms with van der Waals surface area (Å²) in [5, 5.41) is 10.2. The van der Waals surface area contributed by atoms with E-state index in [2.05, 4.69) is 45.0 Å². The molecule has 3 rings (SSSR count). The van der Waals surface area contributed by atoms with Crippen molar-refractivity contribution in [3.63, 3.8) is 0 Å². The Morgan fingerprint density at radius 3 is 2.52 bits per heavy atom. The zero-order valence-electron chi connectivity index (χ0n) is 16.7. The lowest BCUT2D eigenvalue weighted by atomic mass is 9.86. The fraction of sp³-hybridized carbons (Fsp3) is 0.435. The van der Waals surface area contributed by atoms with Crippen molar-refractivity contribution in [2.24, 2.45) is 0 Å². The minimum atomic E-state index is -0.528. The standard InChI is InChI=1S/C23H29NO3/c1-23(2,3)17-8-5-16(6-9-17)7-12-22(26)24-14-13-21(25)19-11-10-18(27-4)15-20(19)24/h5-6,8-11,15,21,25H,7,12-14H2,1-4H3. The molecule has 0 saturated carbocycles. The number of benzene rings is 2. The first-order chi connectivity index (χ1) is 12.8. The molecule has 1 aliphatic rings. The van der Waals surface area contributed by atoms with Crippen LogP contribution in [0, 0.1) is 0 Å². The van der Waals surface area contributed by atoms with Gasteiger partial charge in [-0.25, -0.2) is 0 Å². The maximum absolute atomic E-state index is 12.9. The highest BCUT2D eigenvalue weighted by Crippen LogP contribution is 2.36. The number of aryl methyl sites for hydroxylation is 1. The summed E-state index contributed by atoms with van der Waals surface area (Å²) in [6, 6.07) is 14.0. The van der Waals surface area contributed by atoms with E-state index in [1.165, 1.54) is 11.1 Å². The zero-order chi connectivity index (χ0) is 19.6. The zero-order valence-corrected chi connectivity index (χ0v) is 16.7. The Morgan fingerprint density at radius 1 is 1.19 bits per heavy atom. The van der Waals surface area contributed by atoms with Gasteiger partial charge in [0.2, 0.25) is 5.91 Å². The van der Waals surface area contributed by atoms with Gasteiger partial charge in [-0.3, -0.25) is 4.79 Å². The lowest BCUT2D eigenvalue weighted by Crippen LogP contribution is -2.36. The van der Waals surface area contributed by atoms with Crippen LogP contribution in [-0.4, -0.2) is 24.7 Å². The second kappa shape index (κ2) is 7.73. The van der Waals surface area contributed by atoms with E-state index in [4.69, 9.17) is 4.74 Å². The van der Waals surface area contributed by atoms with Crippen LogP contribution in [-0.2, 0) is 16.6 Å². The number of hydrogen-bond donors (Lipinski definition) is 1. The molecule has 1 unspecified atom stereocenters. The molecule has 0 spiro atoms. The van der Waals surface area contributed by atoms with Crippen molar-refractivity contribution in [1.29, 1.82) is 0 Å². The molecule has 0 fully saturated rings. The molecule has 1 heterocycles. The highest BCUT2D eigenvalue weighted by Gasteiger charge is 2.27. The summed E-state index contributed by atoms with van der Waals surface area (Å²) in [7, 11) is 1.61. The van der Waals surface area contributed by atoms with Crippen LogP contribution in [0.25, 0.3) is 0 Å². The number of carbonyl (C=O) groups is 1. The number of rotatable bonds is 4. The Kier molecular flexibility index (Phi) is 5.56. The predicted molar refractivity (Wildman–Crippen MR) is 108 cm³/mol. The Morgan fingerprint density at radius 2 is 1.89 bits per heavy atom. The second-order valence-corrected chi connectivity index (χ2v) is 8.22. The van der Waals surface area contributed by atoms with Crippen molar-refractivity contribution < 1.29 is 14.6 Å². The van der Waals surface area contributed by atoms with Crippen LogP contribution < -0.4 is 9.64 Å². The summed E-state index contributed by atoms with van der Waals surface area (Å²) in [5.74, 6) is 0.773. The van der Waals surface area contributed by atoms with Crippen molar-refractivity contribution in [1.82, 2.24) is 0 Å².